The second-order valence-electron chi connectivity index (χ2n) is 3.74. The van der Waals surface area contributed by atoms with Gasteiger partial charge in [-0.2, -0.15) is 0 Å². The van der Waals surface area contributed by atoms with Crippen molar-refractivity contribution in [2.45, 2.75) is 45.1 Å². The second kappa shape index (κ2) is 5.40. The van der Waals surface area contributed by atoms with Crippen molar-refractivity contribution in [3.05, 3.63) is 0 Å². The van der Waals surface area contributed by atoms with Crippen molar-refractivity contribution >= 4 is 17.3 Å². The van der Waals surface area contributed by atoms with E-state index in [4.69, 9.17) is 18.1 Å². The Kier molecular flexibility index (Phi) is 4.45. The van der Waals surface area contributed by atoms with E-state index in [9.17, 15) is 0 Å². The topological polar surface area (TPSA) is 50.1 Å². The lowest BCUT2D eigenvalue weighted by molar-refractivity contribution is 0.305. The molecule has 0 saturated heterocycles. The minimum Gasteiger partial charge on any atom is -0.359 e. The van der Waals surface area contributed by atoms with Gasteiger partial charge in [-0.1, -0.05) is 13.3 Å². The fourth-order valence-electron chi connectivity index (χ4n) is 1.94. The van der Waals surface area contributed by atoms with Crippen LogP contribution in [0.5, 0.6) is 0 Å². The molecule has 1 aliphatic rings. The first kappa shape index (κ1) is 10.7. The van der Waals surface area contributed by atoms with Crippen molar-refractivity contribution in [2.24, 2.45) is 11.8 Å². The molecule has 0 bridgehead atoms. The van der Waals surface area contributed by atoms with Crippen LogP contribution in [0.3, 0.4) is 0 Å². The highest BCUT2D eigenvalue weighted by atomic mass is 32.1. The fraction of sp³-hybridized carbons (Fsp3) is 0.889. The minimum atomic E-state index is 0.534. The van der Waals surface area contributed by atoms with Gasteiger partial charge < -0.3 is 10.7 Å². The van der Waals surface area contributed by atoms with Crippen molar-refractivity contribution < 1.29 is 0 Å². The van der Waals surface area contributed by atoms with Crippen LogP contribution in [0, 0.1) is 5.92 Å². The van der Waals surface area contributed by atoms with Gasteiger partial charge in [0.15, 0.2) is 5.11 Å². The Morgan fingerprint density at radius 2 is 2.00 bits per heavy atom. The van der Waals surface area contributed by atoms with E-state index in [1.54, 1.807) is 0 Å². The SMILES string of the molecule is CCC1CCC(NC(=S)NN)CC1. The summed E-state index contributed by atoms with van der Waals surface area (Å²) in [6, 6.07) is 0.534. The van der Waals surface area contributed by atoms with Crippen LogP contribution in [0.1, 0.15) is 39.0 Å². The van der Waals surface area contributed by atoms with E-state index in [0.29, 0.717) is 11.2 Å². The molecule has 4 N–H and O–H groups in total. The van der Waals surface area contributed by atoms with Crippen LogP contribution < -0.4 is 16.6 Å². The first-order valence-corrected chi connectivity index (χ1v) is 5.44. The van der Waals surface area contributed by atoms with Gasteiger partial charge in [0.2, 0.25) is 0 Å². The Morgan fingerprint density at radius 3 is 2.46 bits per heavy atom. The molecule has 0 heterocycles. The Labute approximate surface area is 85.4 Å². The van der Waals surface area contributed by atoms with Gasteiger partial charge in [-0.3, -0.25) is 0 Å². The molecular formula is C9H19N3S. The molecule has 0 aromatic carbocycles. The molecule has 4 heteroatoms. The zero-order valence-corrected chi connectivity index (χ0v) is 8.99. The van der Waals surface area contributed by atoms with Crippen molar-refractivity contribution in [1.29, 1.82) is 0 Å². The number of nitrogens with one attached hydrogen (secondary N) is 2. The number of hydrogen-bond acceptors (Lipinski definition) is 2. The third-order valence-electron chi connectivity index (χ3n) is 2.89. The largest absolute Gasteiger partial charge is 0.359 e. The lowest BCUT2D eigenvalue weighted by Crippen LogP contribution is -2.45. The number of rotatable bonds is 2. The highest BCUT2D eigenvalue weighted by Gasteiger charge is 2.19. The summed E-state index contributed by atoms with van der Waals surface area (Å²) < 4.78 is 0. The summed E-state index contributed by atoms with van der Waals surface area (Å²) in [4.78, 5) is 0. The molecule has 3 nitrogen and oxygen atoms in total. The average molecular weight is 201 g/mol. The van der Waals surface area contributed by atoms with E-state index in [1.165, 1.54) is 32.1 Å². The summed E-state index contributed by atoms with van der Waals surface area (Å²) in [6.45, 7) is 2.27. The molecule has 0 aromatic heterocycles. The first-order valence-electron chi connectivity index (χ1n) is 5.03. The Balaban J connectivity index is 2.21. The van der Waals surface area contributed by atoms with Crippen molar-refractivity contribution in [1.82, 2.24) is 10.7 Å². The Hall–Kier alpha value is -0.350. The molecule has 1 saturated carbocycles. The molecule has 0 atom stereocenters. The maximum atomic E-state index is 5.19. The molecule has 0 unspecified atom stereocenters. The maximum absolute atomic E-state index is 5.19. The monoisotopic (exact) mass is 201 g/mol. The summed E-state index contributed by atoms with van der Waals surface area (Å²) in [5.74, 6) is 6.12. The third kappa shape index (κ3) is 3.48. The third-order valence-corrected chi connectivity index (χ3v) is 3.13. The van der Waals surface area contributed by atoms with Gasteiger partial charge in [-0.25, -0.2) is 5.84 Å². The predicted octanol–water partition coefficient (Wildman–Crippen LogP) is 1.29. The van der Waals surface area contributed by atoms with E-state index >= 15 is 0 Å². The molecule has 0 spiro atoms. The van der Waals surface area contributed by atoms with Gasteiger partial charge in [-0.15, -0.1) is 0 Å². The van der Waals surface area contributed by atoms with Crippen molar-refractivity contribution in [3.63, 3.8) is 0 Å². The predicted molar refractivity (Wildman–Crippen MR) is 59.1 cm³/mol. The quantitative estimate of drug-likeness (QED) is 0.358. The van der Waals surface area contributed by atoms with Crippen LogP contribution in [0.25, 0.3) is 0 Å². The van der Waals surface area contributed by atoms with Crippen molar-refractivity contribution in [2.75, 3.05) is 0 Å². The molecule has 0 aromatic rings. The number of hydrazine groups is 1. The zero-order chi connectivity index (χ0) is 9.68. The summed E-state index contributed by atoms with van der Waals surface area (Å²) >= 11 is 4.95. The van der Waals surface area contributed by atoms with Crippen LogP contribution in [-0.4, -0.2) is 11.2 Å². The second-order valence-corrected chi connectivity index (χ2v) is 4.15. The van der Waals surface area contributed by atoms with Gasteiger partial charge >= 0.3 is 0 Å². The molecule has 0 aliphatic heterocycles. The zero-order valence-electron chi connectivity index (χ0n) is 8.18. The van der Waals surface area contributed by atoms with Gasteiger partial charge in [0.05, 0.1) is 0 Å². The van der Waals surface area contributed by atoms with E-state index in [1.807, 2.05) is 0 Å². The highest BCUT2D eigenvalue weighted by Crippen LogP contribution is 2.26. The number of thiocarbonyl (C=S) groups is 1. The fourth-order valence-corrected chi connectivity index (χ4v) is 2.11. The molecule has 1 fully saturated rings. The summed E-state index contributed by atoms with van der Waals surface area (Å²) in [7, 11) is 0. The lowest BCUT2D eigenvalue weighted by Gasteiger charge is -2.28. The highest BCUT2D eigenvalue weighted by molar-refractivity contribution is 7.80. The molecule has 1 rings (SSSR count). The van der Waals surface area contributed by atoms with Crippen LogP contribution in [-0.2, 0) is 0 Å². The van der Waals surface area contributed by atoms with Gasteiger partial charge in [0.25, 0.3) is 0 Å². The summed E-state index contributed by atoms with van der Waals surface area (Å²) in [5, 5.41) is 3.78. The summed E-state index contributed by atoms with van der Waals surface area (Å²) in [5.41, 5.74) is 2.46. The number of hydrogen-bond donors (Lipinski definition) is 3. The van der Waals surface area contributed by atoms with Gasteiger partial charge in [-0.05, 0) is 43.8 Å². The van der Waals surface area contributed by atoms with Gasteiger partial charge in [0, 0.05) is 6.04 Å². The van der Waals surface area contributed by atoms with E-state index < -0.39 is 0 Å². The van der Waals surface area contributed by atoms with Crippen LogP contribution >= 0.6 is 12.2 Å². The molecule has 1 aliphatic carbocycles. The van der Waals surface area contributed by atoms with E-state index in [-0.39, 0.29) is 0 Å². The first-order chi connectivity index (χ1) is 6.26. The number of nitrogens with two attached hydrogens (primary N) is 1. The smallest absolute Gasteiger partial charge is 0.180 e. The molecule has 0 radical (unpaired) electrons. The maximum Gasteiger partial charge on any atom is 0.180 e. The minimum absolute atomic E-state index is 0.534. The van der Waals surface area contributed by atoms with Crippen LogP contribution in [0.15, 0.2) is 0 Å². The van der Waals surface area contributed by atoms with Gasteiger partial charge in [0.1, 0.15) is 0 Å². The van der Waals surface area contributed by atoms with Crippen LogP contribution in [0.2, 0.25) is 0 Å². The molecule has 13 heavy (non-hydrogen) atoms. The Morgan fingerprint density at radius 1 is 1.38 bits per heavy atom. The van der Waals surface area contributed by atoms with Crippen LogP contribution in [0.4, 0.5) is 0 Å². The van der Waals surface area contributed by atoms with Crippen molar-refractivity contribution in [3.8, 4) is 0 Å². The average Bonchev–Trinajstić information content (AvgIpc) is 2.19. The lowest BCUT2D eigenvalue weighted by atomic mass is 9.85. The molecule has 0 amide bonds. The normalized spacial score (nSPS) is 28.2. The standard InChI is InChI=1S/C9H19N3S/c1-2-7-3-5-8(6-4-7)11-9(13)12-10/h7-8H,2-6,10H2,1H3,(H2,11,12,13). The molecular weight excluding hydrogens is 182 g/mol. The molecule has 76 valence electrons. The summed E-state index contributed by atoms with van der Waals surface area (Å²) in [6.07, 6.45) is 6.40. The van der Waals surface area contributed by atoms with E-state index in [2.05, 4.69) is 17.7 Å². The van der Waals surface area contributed by atoms with E-state index in [0.717, 1.165) is 5.92 Å². The Bertz CT molecular complexity index is 164.